The largest absolute Gasteiger partial charge is 0.348 e. The first-order valence-electron chi connectivity index (χ1n) is 6.74. The van der Waals surface area contributed by atoms with Gasteiger partial charge in [-0.1, -0.05) is 13.3 Å². The summed E-state index contributed by atoms with van der Waals surface area (Å²) in [5.74, 6) is 0.485. The molecule has 8 nitrogen and oxygen atoms in total. The number of carbonyl (C=O) groups excluding carboxylic acids is 1. The summed E-state index contributed by atoms with van der Waals surface area (Å²) in [5.41, 5.74) is 0.663. The molecule has 21 heavy (non-hydrogen) atoms. The average molecular weight is 309 g/mol. The number of H-pyrrole nitrogens is 1. The van der Waals surface area contributed by atoms with Gasteiger partial charge >= 0.3 is 0 Å². The second kappa shape index (κ2) is 7.23. The van der Waals surface area contributed by atoms with Crippen LogP contribution >= 0.6 is 11.3 Å². The van der Waals surface area contributed by atoms with Crippen molar-refractivity contribution < 1.29 is 4.79 Å². The molecule has 9 heteroatoms. The molecule has 0 spiro atoms. The molecule has 0 aliphatic carbocycles. The van der Waals surface area contributed by atoms with Gasteiger partial charge in [0.1, 0.15) is 10.7 Å². The minimum atomic E-state index is -0.105. The molecule has 2 aromatic heterocycles. The van der Waals surface area contributed by atoms with E-state index >= 15 is 0 Å². The number of nitrogens with zero attached hydrogens (tertiary/aromatic N) is 5. The molecule has 1 unspecified atom stereocenters. The molecule has 0 saturated carbocycles. The quantitative estimate of drug-likeness (QED) is 0.780. The zero-order valence-corrected chi connectivity index (χ0v) is 13.1. The molecular formula is C12H19N7OS. The Bertz CT molecular complexity index is 566. The van der Waals surface area contributed by atoms with Crippen molar-refractivity contribution in [3.05, 3.63) is 10.4 Å². The lowest BCUT2D eigenvalue weighted by molar-refractivity contribution is -0.125. The van der Waals surface area contributed by atoms with E-state index in [-0.39, 0.29) is 11.9 Å². The van der Waals surface area contributed by atoms with Crippen LogP contribution in [-0.2, 0) is 11.3 Å². The monoisotopic (exact) mass is 309 g/mol. The van der Waals surface area contributed by atoms with Crippen molar-refractivity contribution in [2.45, 2.75) is 32.4 Å². The fraction of sp³-hybridized carbons (Fsp3) is 0.583. The topological polar surface area (TPSA) is 99.7 Å². The highest BCUT2D eigenvalue weighted by molar-refractivity contribution is 7.09. The van der Waals surface area contributed by atoms with E-state index in [0.29, 0.717) is 18.1 Å². The summed E-state index contributed by atoms with van der Waals surface area (Å²) < 4.78 is 0. The second-order valence-corrected chi connectivity index (χ2v) is 5.79. The maximum Gasteiger partial charge on any atom is 0.237 e. The third kappa shape index (κ3) is 4.05. The van der Waals surface area contributed by atoms with E-state index in [1.54, 1.807) is 0 Å². The molecule has 0 radical (unpaired) electrons. The van der Waals surface area contributed by atoms with Crippen molar-refractivity contribution in [1.29, 1.82) is 0 Å². The first-order chi connectivity index (χ1) is 10.1. The van der Waals surface area contributed by atoms with Crippen molar-refractivity contribution in [1.82, 2.24) is 35.8 Å². The maximum absolute atomic E-state index is 12.2. The zero-order chi connectivity index (χ0) is 15.2. The predicted octanol–water partition coefficient (Wildman–Crippen LogP) is 0.670. The number of tetrazole rings is 1. The molecule has 114 valence electrons. The molecular weight excluding hydrogens is 290 g/mol. The highest BCUT2D eigenvalue weighted by Crippen LogP contribution is 2.17. The molecule has 0 aliphatic heterocycles. The van der Waals surface area contributed by atoms with Crippen LogP contribution in [0.1, 0.15) is 24.8 Å². The molecule has 2 heterocycles. The Morgan fingerprint density at radius 2 is 2.33 bits per heavy atom. The number of likely N-dealkylation sites (N-methyl/N-ethyl adjacent to an activating group) is 1. The number of aromatic amines is 1. The number of amides is 1. The molecule has 2 N–H and O–H groups in total. The van der Waals surface area contributed by atoms with Gasteiger partial charge < -0.3 is 5.32 Å². The molecule has 0 bridgehead atoms. The van der Waals surface area contributed by atoms with Gasteiger partial charge in [0, 0.05) is 5.38 Å². The molecule has 0 fully saturated rings. The lowest BCUT2D eigenvalue weighted by Gasteiger charge is -2.22. The number of aromatic nitrogens is 5. The maximum atomic E-state index is 12.2. The summed E-state index contributed by atoms with van der Waals surface area (Å²) >= 11 is 1.46. The van der Waals surface area contributed by atoms with Crippen molar-refractivity contribution >= 4 is 17.2 Å². The number of nitrogens with one attached hydrogen (secondary N) is 2. The number of hydrogen-bond acceptors (Lipinski definition) is 7. The van der Waals surface area contributed by atoms with Gasteiger partial charge in [0.2, 0.25) is 11.7 Å². The van der Waals surface area contributed by atoms with E-state index in [1.165, 1.54) is 11.3 Å². The SMILES string of the molecule is CCCC(C(=O)NCc1nc(-c2nn[nH]n2)cs1)N(C)C. The van der Waals surface area contributed by atoms with E-state index in [2.05, 4.69) is 37.8 Å². The summed E-state index contributed by atoms with van der Waals surface area (Å²) in [7, 11) is 3.83. The Morgan fingerprint density at radius 3 is 2.95 bits per heavy atom. The summed E-state index contributed by atoms with van der Waals surface area (Å²) in [4.78, 5) is 18.5. The van der Waals surface area contributed by atoms with Gasteiger partial charge in [-0.15, -0.1) is 21.5 Å². The Hall–Kier alpha value is -1.87. The van der Waals surface area contributed by atoms with Crippen molar-refractivity contribution in [3.63, 3.8) is 0 Å². The van der Waals surface area contributed by atoms with E-state index < -0.39 is 0 Å². The summed E-state index contributed by atoms with van der Waals surface area (Å²) in [6, 6.07) is -0.105. The van der Waals surface area contributed by atoms with Crippen LogP contribution in [0.4, 0.5) is 0 Å². The van der Waals surface area contributed by atoms with Gasteiger partial charge in [-0.2, -0.15) is 5.21 Å². The molecule has 0 aromatic carbocycles. The van der Waals surface area contributed by atoms with Crippen LogP contribution in [0.15, 0.2) is 5.38 Å². The highest BCUT2D eigenvalue weighted by atomic mass is 32.1. The first-order valence-corrected chi connectivity index (χ1v) is 7.62. The fourth-order valence-electron chi connectivity index (χ4n) is 1.94. The van der Waals surface area contributed by atoms with E-state index in [4.69, 9.17) is 0 Å². The van der Waals surface area contributed by atoms with Gasteiger partial charge in [-0.3, -0.25) is 9.69 Å². The fourth-order valence-corrected chi connectivity index (χ4v) is 2.66. The van der Waals surface area contributed by atoms with Crippen LogP contribution in [-0.4, -0.2) is 56.6 Å². The molecule has 1 amide bonds. The van der Waals surface area contributed by atoms with Crippen LogP contribution in [0.3, 0.4) is 0 Å². The van der Waals surface area contributed by atoms with Crippen molar-refractivity contribution in [3.8, 4) is 11.5 Å². The van der Waals surface area contributed by atoms with Crippen LogP contribution in [0.5, 0.6) is 0 Å². The lowest BCUT2D eigenvalue weighted by Crippen LogP contribution is -2.43. The van der Waals surface area contributed by atoms with E-state index in [1.807, 2.05) is 24.4 Å². The molecule has 0 aliphatic rings. The third-order valence-corrected chi connectivity index (χ3v) is 3.88. The Kier molecular flexibility index (Phi) is 5.34. The Balaban J connectivity index is 1.92. The first kappa shape index (κ1) is 15.5. The normalized spacial score (nSPS) is 12.6. The van der Waals surface area contributed by atoms with Gasteiger partial charge in [-0.25, -0.2) is 4.98 Å². The van der Waals surface area contributed by atoms with E-state index in [9.17, 15) is 4.79 Å². The molecule has 0 saturated heterocycles. The van der Waals surface area contributed by atoms with Crippen molar-refractivity contribution in [2.75, 3.05) is 14.1 Å². The number of thiazole rings is 1. The van der Waals surface area contributed by atoms with E-state index in [0.717, 1.165) is 17.8 Å². The minimum absolute atomic E-state index is 0.0261. The highest BCUT2D eigenvalue weighted by Gasteiger charge is 2.19. The number of hydrogen-bond donors (Lipinski definition) is 2. The van der Waals surface area contributed by atoms with Gasteiger partial charge in [0.05, 0.1) is 12.6 Å². The minimum Gasteiger partial charge on any atom is -0.348 e. The van der Waals surface area contributed by atoms with Gasteiger partial charge in [0.15, 0.2) is 0 Å². The average Bonchev–Trinajstić information content (AvgIpc) is 3.11. The summed E-state index contributed by atoms with van der Waals surface area (Å²) in [5, 5.41) is 19.2. The zero-order valence-electron chi connectivity index (χ0n) is 12.3. The predicted molar refractivity (Wildman–Crippen MR) is 79.5 cm³/mol. The summed E-state index contributed by atoms with van der Waals surface area (Å²) in [6.07, 6.45) is 1.81. The van der Waals surface area contributed by atoms with Crippen LogP contribution in [0.2, 0.25) is 0 Å². The molecule has 2 rings (SSSR count). The van der Waals surface area contributed by atoms with Crippen LogP contribution in [0.25, 0.3) is 11.5 Å². The van der Waals surface area contributed by atoms with Crippen molar-refractivity contribution in [2.24, 2.45) is 0 Å². The Morgan fingerprint density at radius 1 is 1.52 bits per heavy atom. The van der Waals surface area contributed by atoms with Gasteiger partial charge in [0.25, 0.3) is 0 Å². The van der Waals surface area contributed by atoms with Crippen LogP contribution < -0.4 is 5.32 Å². The number of rotatable bonds is 7. The third-order valence-electron chi connectivity index (χ3n) is 3.03. The van der Waals surface area contributed by atoms with Crippen LogP contribution in [0, 0.1) is 0 Å². The standard InChI is InChI=1S/C12H19N7OS/c1-4-5-9(19(2)3)12(20)13-6-10-14-8(7-21-10)11-15-17-18-16-11/h7,9H,4-6H2,1-3H3,(H,13,20)(H,15,16,17,18). The number of carbonyl (C=O) groups is 1. The molecule has 2 aromatic rings. The smallest absolute Gasteiger partial charge is 0.237 e. The second-order valence-electron chi connectivity index (χ2n) is 4.85. The molecule has 1 atom stereocenters. The lowest BCUT2D eigenvalue weighted by atomic mass is 10.1. The Labute approximate surface area is 127 Å². The van der Waals surface area contributed by atoms with Gasteiger partial charge in [-0.05, 0) is 25.7 Å². The summed E-state index contributed by atoms with van der Waals surface area (Å²) in [6.45, 7) is 2.48.